The minimum absolute atomic E-state index is 0.834. The van der Waals surface area contributed by atoms with Crippen molar-refractivity contribution in [3.8, 4) is 0 Å². The highest BCUT2D eigenvalue weighted by atomic mass is 16.4. The van der Waals surface area contributed by atoms with Crippen molar-refractivity contribution in [3.05, 3.63) is 28.8 Å². The van der Waals surface area contributed by atoms with Crippen molar-refractivity contribution in [2.75, 3.05) is 0 Å². The van der Waals surface area contributed by atoms with E-state index in [2.05, 4.69) is 32.9 Å². The lowest BCUT2D eigenvalue weighted by Crippen LogP contribution is -2.36. The summed E-state index contributed by atoms with van der Waals surface area (Å²) >= 11 is 0. The molecule has 0 aliphatic carbocycles. The van der Waals surface area contributed by atoms with Gasteiger partial charge in [-0.15, -0.1) is 0 Å². The van der Waals surface area contributed by atoms with Crippen LogP contribution < -0.4 is 5.46 Å². The average Bonchev–Trinajstić information content (AvgIpc) is 2.92. The Kier molecular flexibility index (Phi) is 24.3. The molecule has 0 unspecified atom stereocenters. The number of unbranched alkanes of at least 4 members (excludes halogenated alkanes) is 21. The molecule has 0 amide bonds. The lowest BCUT2D eigenvalue weighted by molar-refractivity contribution is 0.424. The molecular weight excluding hydrogens is 475 g/mol. The van der Waals surface area contributed by atoms with E-state index in [-0.39, 0.29) is 0 Å². The molecule has 1 rings (SSSR count). The molecule has 0 fully saturated rings. The number of hydrogen-bond acceptors (Lipinski definition) is 2. The van der Waals surface area contributed by atoms with Crippen LogP contribution in [-0.2, 0) is 19.3 Å². The summed E-state index contributed by atoms with van der Waals surface area (Å²) in [6, 6.07) is 4.66. The number of hydrogen-bond donors (Lipinski definition) is 2. The van der Waals surface area contributed by atoms with Crippen LogP contribution in [0, 0.1) is 0 Å². The van der Waals surface area contributed by atoms with Crippen LogP contribution in [0.15, 0.2) is 12.1 Å². The Morgan fingerprint density at radius 2 is 0.692 bits per heavy atom. The third-order valence-electron chi connectivity index (χ3n) is 8.59. The minimum atomic E-state index is -1.35. The molecule has 0 aromatic heterocycles. The van der Waals surface area contributed by atoms with Crippen LogP contribution in [0.2, 0.25) is 0 Å². The fourth-order valence-electron chi connectivity index (χ4n) is 6.10. The first-order chi connectivity index (χ1) is 19.1. The fourth-order valence-corrected chi connectivity index (χ4v) is 6.10. The summed E-state index contributed by atoms with van der Waals surface area (Å²) in [6.07, 6.45) is 34.9. The zero-order valence-corrected chi connectivity index (χ0v) is 26.7. The molecule has 0 aliphatic heterocycles. The second-order valence-electron chi connectivity index (χ2n) is 12.4. The molecule has 0 bridgehead atoms. The fraction of sp³-hybridized carbons (Fsp3) is 0.833. The molecule has 0 radical (unpaired) electrons. The number of benzene rings is 1. The number of rotatable bonds is 28. The molecule has 226 valence electrons. The largest absolute Gasteiger partial charge is 0.488 e. The first-order valence-electron chi connectivity index (χ1n) is 17.6. The molecule has 0 saturated heterocycles. The third kappa shape index (κ3) is 19.0. The molecule has 0 saturated carbocycles. The van der Waals surface area contributed by atoms with Crippen molar-refractivity contribution in [1.82, 2.24) is 0 Å². The standard InChI is InChI=1S/C36H67BO2/c1-4-7-10-13-16-19-22-25-28-33-31-34(29-26-23-20-17-14-11-8-5-2)36(37(38)39)35(32-33)30-27-24-21-18-15-12-9-6-3/h31-32,38-39H,4-30H2,1-3H3. The van der Waals surface area contributed by atoms with Crippen LogP contribution >= 0.6 is 0 Å². The monoisotopic (exact) mass is 543 g/mol. The Morgan fingerprint density at radius 1 is 0.410 bits per heavy atom. The molecule has 0 heterocycles. The molecule has 2 N–H and O–H groups in total. The van der Waals surface area contributed by atoms with Gasteiger partial charge >= 0.3 is 7.12 Å². The van der Waals surface area contributed by atoms with Gasteiger partial charge in [-0.1, -0.05) is 168 Å². The molecule has 3 heteroatoms. The van der Waals surface area contributed by atoms with Crippen molar-refractivity contribution >= 4 is 12.6 Å². The summed E-state index contributed by atoms with van der Waals surface area (Å²) in [5, 5.41) is 20.8. The van der Waals surface area contributed by atoms with E-state index in [1.807, 2.05) is 0 Å². The van der Waals surface area contributed by atoms with E-state index in [0.29, 0.717) is 0 Å². The second kappa shape index (κ2) is 26.1. The van der Waals surface area contributed by atoms with Gasteiger partial charge in [-0.05, 0) is 60.7 Å². The van der Waals surface area contributed by atoms with Crippen molar-refractivity contribution in [3.63, 3.8) is 0 Å². The Morgan fingerprint density at radius 3 is 1.00 bits per heavy atom. The molecule has 2 nitrogen and oxygen atoms in total. The van der Waals surface area contributed by atoms with Gasteiger partial charge in [0.05, 0.1) is 0 Å². The van der Waals surface area contributed by atoms with Crippen molar-refractivity contribution < 1.29 is 10.0 Å². The van der Waals surface area contributed by atoms with E-state index in [1.165, 1.54) is 158 Å². The Hall–Kier alpha value is -0.795. The zero-order valence-electron chi connectivity index (χ0n) is 26.7. The van der Waals surface area contributed by atoms with Crippen LogP contribution in [0.4, 0.5) is 0 Å². The van der Waals surface area contributed by atoms with Gasteiger partial charge in [-0.3, -0.25) is 0 Å². The van der Waals surface area contributed by atoms with Gasteiger partial charge in [0.1, 0.15) is 0 Å². The quantitative estimate of drug-likeness (QED) is 0.0817. The molecule has 1 aromatic carbocycles. The van der Waals surface area contributed by atoms with Crippen LogP contribution in [0.5, 0.6) is 0 Å². The van der Waals surface area contributed by atoms with E-state index < -0.39 is 7.12 Å². The van der Waals surface area contributed by atoms with E-state index in [0.717, 1.165) is 37.6 Å². The number of aryl methyl sites for hydroxylation is 3. The zero-order chi connectivity index (χ0) is 28.4. The maximum absolute atomic E-state index is 10.4. The van der Waals surface area contributed by atoms with Crippen LogP contribution in [0.25, 0.3) is 0 Å². The third-order valence-corrected chi connectivity index (χ3v) is 8.59. The van der Waals surface area contributed by atoms with Gasteiger partial charge in [-0.2, -0.15) is 0 Å². The first kappa shape index (κ1) is 36.2. The van der Waals surface area contributed by atoms with Crippen LogP contribution in [0.3, 0.4) is 0 Å². The molecule has 0 atom stereocenters. The van der Waals surface area contributed by atoms with Gasteiger partial charge in [0.25, 0.3) is 0 Å². The topological polar surface area (TPSA) is 40.5 Å². The van der Waals surface area contributed by atoms with Crippen LogP contribution in [-0.4, -0.2) is 17.2 Å². The molecule has 39 heavy (non-hydrogen) atoms. The Balaban J connectivity index is 2.69. The molecule has 0 spiro atoms. The molecular formula is C36H67BO2. The summed E-state index contributed by atoms with van der Waals surface area (Å²) in [5.41, 5.74) is 4.68. The van der Waals surface area contributed by atoms with E-state index >= 15 is 0 Å². The molecule has 1 aromatic rings. The lowest BCUT2D eigenvalue weighted by atomic mass is 9.71. The predicted octanol–water partition coefficient (Wildman–Crippen LogP) is 10.4. The smallest absolute Gasteiger partial charge is 0.423 e. The normalized spacial score (nSPS) is 11.4. The lowest BCUT2D eigenvalue weighted by Gasteiger charge is -2.18. The summed E-state index contributed by atoms with van der Waals surface area (Å²) in [6.45, 7) is 6.84. The highest BCUT2D eigenvalue weighted by molar-refractivity contribution is 6.59. The summed E-state index contributed by atoms with van der Waals surface area (Å²) < 4.78 is 0. The predicted molar refractivity (Wildman–Crippen MR) is 175 cm³/mol. The Bertz CT molecular complexity index is 631. The van der Waals surface area contributed by atoms with E-state index in [4.69, 9.17) is 0 Å². The minimum Gasteiger partial charge on any atom is -0.423 e. The van der Waals surface area contributed by atoms with Gasteiger partial charge < -0.3 is 10.0 Å². The van der Waals surface area contributed by atoms with Gasteiger partial charge in [-0.25, -0.2) is 0 Å². The average molecular weight is 543 g/mol. The molecule has 0 aliphatic rings. The highest BCUT2D eigenvalue weighted by Gasteiger charge is 2.21. The van der Waals surface area contributed by atoms with Crippen molar-refractivity contribution in [2.24, 2.45) is 0 Å². The van der Waals surface area contributed by atoms with Crippen molar-refractivity contribution in [1.29, 1.82) is 0 Å². The van der Waals surface area contributed by atoms with E-state index in [9.17, 15) is 10.0 Å². The SMILES string of the molecule is CCCCCCCCCCc1cc(CCCCCCCCCC)c(B(O)O)c(CCCCCCCCCC)c1. The highest BCUT2D eigenvalue weighted by Crippen LogP contribution is 2.19. The maximum atomic E-state index is 10.4. The van der Waals surface area contributed by atoms with E-state index in [1.54, 1.807) is 0 Å². The van der Waals surface area contributed by atoms with Gasteiger partial charge in [0.15, 0.2) is 0 Å². The summed E-state index contributed by atoms with van der Waals surface area (Å²) in [5.74, 6) is 0. The first-order valence-corrected chi connectivity index (χ1v) is 17.6. The van der Waals surface area contributed by atoms with Crippen LogP contribution in [0.1, 0.15) is 192 Å². The summed E-state index contributed by atoms with van der Waals surface area (Å²) in [7, 11) is -1.35. The summed E-state index contributed by atoms with van der Waals surface area (Å²) in [4.78, 5) is 0. The Labute approximate surface area is 245 Å². The maximum Gasteiger partial charge on any atom is 0.488 e. The van der Waals surface area contributed by atoms with Crippen molar-refractivity contribution in [2.45, 2.75) is 194 Å². The second-order valence-corrected chi connectivity index (χ2v) is 12.4. The van der Waals surface area contributed by atoms with Gasteiger partial charge in [0.2, 0.25) is 0 Å². The van der Waals surface area contributed by atoms with Gasteiger partial charge in [0, 0.05) is 0 Å².